The number of hydrogen-bond donors (Lipinski definition) is 2. The van der Waals surface area contributed by atoms with Gasteiger partial charge in [-0.1, -0.05) is 0 Å². The van der Waals surface area contributed by atoms with Crippen LogP contribution in [0.2, 0.25) is 0 Å². The molecule has 0 amide bonds. The first-order valence-corrected chi connectivity index (χ1v) is 4.50. The zero-order valence-corrected chi connectivity index (χ0v) is 8.13. The first-order valence-electron chi connectivity index (χ1n) is 3.62. The Morgan fingerprint density at radius 3 is 2.79 bits per heavy atom. The number of rotatable bonds is 2. The SMILES string of the molecule is C/C(N)=C(\C#N)c1csc(C(=O)O)n1. The molecule has 0 saturated carbocycles. The van der Waals surface area contributed by atoms with Gasteiger partial charge in [-0.05, 0) is 6.92 Å². The van der Waals surface area contributed by atoms with Crippen molar-refractivity contribution >= 4 is 22.9 Å². The Labute approximate surface area is 84.1 Å². The van der Waals surface area contributed by atoms with Crippen molar-refractivity contribution < 1.29 is 9.90 Å². The number of thiazole rings is 1. The lowest BCUT2D eigenvalue weighted by atomic mass is 10.2. The van der Waals surface area contributed by atoms with Crippen molar-refractivity contribution in [2.75, 3.05) is 0 Å². The highest BCUT2D eigenvalue weighted by molar-refractivity contribution is 7.11. The van der Waals surface area contributed by atoms with Crippen LogP contribution in [0.5, 0.6) is 0 Å². The minimum atomic E-state index is -1.10. The molecule has 1 heterocycles. The van der Waals surface area contributed by atoms with Crippen molar-refractivity contribution in [3.63, 3.8) is 0 Å². The number of carbonyl (C=O) groups is 1. The molecule has 5 nitrogen and oxygen atoms in total. The van der Waals surface area contributed by atoms with Gasteiger partial charge in [0.1, 0.15) is 6.07 Å². The lowest BCUT2D eigenvalue weighted by Crippen LogP contribution is -1.99. The van der Waals surface area contributed by atoms with Gasteiger partial charge in [0.25, 0.3) is 0 Å². The third kappa shape index (κ3) is 1.89. The molecule has 14 heavy (non-hydrogen) atoms. The zero-order valence-electron chi connectivity index (χ0n) is 7.31. The van der Waals surface area contributed by atoms with Gasteiger partial charge in [-0.15, -0.1) is 11.3 Å². The minimum absolute atomic E-state index is 0.0472. The molecule has 0 atom stereocenters. The van der Waals surface area contributed by atoms with Crippen molar-refractivity contribution in [2.24, 2.45) is 5.73 Å². The van der Waals surface area contributed by atoms with Gasteiger partial charge in [0, 0.05) is 11.1 Å². The van der Waals surface area contributed by atoms with E-state index in [9.17, 15) is 4.79 Å². The largest absolute Gasteiger partial charge is 0.476 e. The van der Waals surface area contributed by atoms with Gasteiger partial charge >= 0.3 is 5.97 Å². The second-order valence-corrected chi connectivity index (χ2v) is 3.37. The third-order valence-corrected chi connectivity index (χ3v) is 2.28. The maximum atomic E-state index is 10.5. The molecule has 6 heteroatoms. The van der Waals surface area contributed by atoms with Gasteiger partial charge in [0.15, 0.2) is 0 Å². The Bertz CT molecular complexity index is 438. The average molecular weight is 209 g/mol. The van der Waals surface area contributed by atoms with Crippen molar-refractivity contribution in [3.05, 3.63) is 21.8 Å². The van der Waals surface area contributed by atoms with Crippen LogP contribution in [0.1, 0.15) is 22.4 Å². The Morgan fingerprint density at radius 1 is 1.79 bits per heavy atom. The molecule has 0 fully saturated rings. The van der Waals surface area contributed by atoms with Crippen LogP contribution in [0, 0.1) is 11.3 Å². The fourth-order valence-electron chi connectivity index (χ4n) is 0.834. The Kier molecular flexibility index (Phi) is 2.84. The predicted octanol–water partition coefficient (Wildman–Crippen LogP) is 1.05. The van der Waals surface area contributed by atoms with Crippen molar-refractivity contribution in [1.29, 1.82) is 5.26 Å². The molecule has 0 bridgehead atoms. The monoisotopic (exact) mass is 209 g/mol. The summed E-state index contributed by atoms with van der Waals surface area (Å²) in [6.45, 7) is 1.57. The third-order valence-electron chi connectivity index (χ3n) is 1.45. The number of nitriles is 1. The quantitative estimate of drug-likeness (QED) is 0.709. The van der Waals surface area contributed by atoms with Crippen LogP contribution >= 0.6 is 11.3 Å². The molecule has 1 aromatic rings. The smallest absolute Gasteiger partial charge is 0.365 e. The van der Waals surface area contributed by atoms with Crippen molar-refractivity contribution in [2.45, 2.75) is 6.92 Å². The molecule has 0 aromatic carbocycles. The van der Waals surface area contributed by atoms with E-state index in [1.807, 2.05) is 6.07 Å². The maximum Gasteiger partial charge on any atom is 0.365 e. The van der Waals surface area contributed by atoms with Crippen LogP contribution in [0.15, 0.2) is 11.1 Å². The standard InChI is InChI=1S/C8H7N3O2S/c1-4(10)5(2-9)6-3-14-7(11-6)8(12)13/h3H,10H2,1H3,(H,12,13)/b5-4-. The average Bonchev–Trinajstić information content (AvgIpc) is 2.53. The highest BCUT2D eigenvalue weighted by atomic mass is 32.1. The lowest BCUT2D eigenvalue weighted by Gasteiger charge is -1.94. The highest BCUT2D eigenvalue weighted by Gasteiger charge is 2.12. The molecule has 0 spiro atoms. The molecule has 72 valence electrons. The second-order valence-electron chi connectivity index (χ2n) is 2.51. The van der Waals surface area contributed by atoms with Gasteiger partial charge < -0.3 is 10.8 Å². The summed E-state index contributed by atoms with van der Waals surface area (Å²) >= 11 is 0.967. The summed E-state index contributed by atoms with van der Waals surface area (Å²) in [7, 11) is 0. The lowest BCUT2D eigenvalue weighted by molar-refractivity contribution is 0.0696. The van der Waals surface area contributed by atoms with E-state index in [1.54, 1.807) is 6.92 Å². The van der Waals surface area contributed by atoms with E-state index in [4.69, 9.17) is 16.1 Å². The molecular formula is C8H7N3O2S. The summed E-state index contributed by atoms with van der Waals surface area (Å²) in [4.78, 5) is 14.3. The topological polar surface area (TPSA) is 100 Å². The van der Waals surface area contributed by atoms with Crippen molar-refractivity contribution in [1.82, 2.24) is 4.98 Å². The number of nitrogens with zero attached hydrogens (tertiary/aromatic N) is 2. The number of nitrogens with two attached hydrogens (primary N) is 1. The van der Waals surface area contributed by atoms with Gasteiger partial charge in [-0.2, -0.15) is 5.26 Å². The number of carboxylic acid groups (broad SMARTS) is 1. The fraction of sp³-hybridized carbons (Fsp3) is 0.125. The minimum Gasteiger partial charge on any atom is -0.476 e. The van der Waals surface area contributed by atoms with Crippen LogP contribution in [0.25, 0.3) is 5.57 Å². The molecule has 1 rings (SSSR count). The van der Waals surface area contributed by atoms with E-state index < -0.39 is 5.97 Å². The van der Waals surface area contributed by atoms with E-state index in [2.05, 4.69) is 4.98 Å². The van der Waals surface area contributed by atoms with Crippen LogP contribution in [-0.2, 0) is 0 Å². The van der Waals surface area contributed by atoms with Gasteiger partial charge in [-0.25, -0.2) is 9.78 Å². The number of carboxylic acids is 1. The van der Waals surface area contributed by atoms with E-state index >= 15 is 0 Å². The molecule has 0 saturated heterocycles. The first kappa shape index (κ1) is 10.2. The summed E-state index contributed by atoms with van der Waals surface area (Å²) in [6.07, 6.45) is 0. The molecule has 0 aliphatic heterocycles. The molecule has 3 N–H and O–H groups in total. The molecule has 0 aliphatic carbocycles. The molecule has 0 aliphatic rings. The maximum absolute atomic E-state index is 10.5. The first-order chi connectivity index (χ1) is 6.56. The van der Waals surface area contributed by atoms with E-state index in [1.165, 1.54) is 5.38 Å². The van der Waals surface area contributed by atoms with E-state index in [0.29, 0.717) is 11.4 Å². The molecule has 0 unspecified atom stereocenters. The fourth-order valence-corrected chi connectivity index (χ4v) is 1.48. The van der Waals surface area contributed by atoms with Crippen LogP contribution in [-0.4, -0.2) is 16.1 Å². The molecular weight excluding hydrogens is 202 g/mol. The van der Waals surface area contributed by atoms with Crippen molar-refractivity contribution in [3.8, 4) is 6.07 Å². The second kappa shape index (κ2) is 3.89. The number of aromatic nitrogens is 1. The Hall–Kier alpha value is -1.87. The van der Waals surface area contributed by atoms with Crippen LogP contribution in [0.3, 0.4) is 0 Å². The molecule has 0 radical (unpaired) electrons. The van der Waals surface area contributed by atoms with E-state index in [-0.39, 0.29) is 10.6 Å². The molecule has 1 aromatic heterocycles. The van der Waals surface area contributed by atoms with Crippen LogP contribution < -0.4 is 5.73 Å². The summed E-state index contributed by atoms with van der Waals surface area (Å²) in [6, 6.07) is 1.88. The summed E-state index contributed by atoms with van der Waals surface area (Å²) in [5, 5.41) is 18.8. The summed E-state index contributed by atoms with van der Waals surface area (Å²) in [5.41, 5.74) is 6.30. The normalized spacial score (nSPS) is 11.7. The number of hydrogen-bond acceptors (Lipinski definition) is 5. The summed E-state index contributed by atoms with van der Waals surface area (Å²) < 4.78 is 0. The number of aromatic carboxylic acids is 1. The van der Waals surface area contributed by atoms with Gasteiger partial charge in [-0.3, -0.25) is 0 Å². The van der Waals surface area contributed by atoms with Gasteiger partial charge in [0.2, 0.25) is 5.01 Å². The van der Waals surface area contributed by atoms with Crippen LogP contribution in [0.4, 0.5) is 0 Å². The zero-order chi connectivity index (χ0) is 10.7. The van der Waals surface area contributed by atoms with Gasteiger partial charge in [0.05, 0.1) is 11.3 Å². The Balaban J connectivity index is 3.16. The predicted molar refractivity (Wildman–Crippen MR) is 51.5 cm³/mol. The summed E-state index contributed by atoms with van der Waals surface area (Å²) in [5.74, 6) is -1.10. The Morgan fingerprint density at radius 2 is 2.43 bits per heavy atom. The van der Waals surface area contributed by atoms with E-state index in [0.717, 1.165) is 11.3 Å². The number of allylic oxidation sites excluding steroid dienone is 2. The highest BCUT2D eigenvalue weighted by Crippen LogP contribution is 2.18.